The summed E-state index contributed by atoms with van der Waals surface area (Å²) in [5.74, 6) is 6.33. The molecule has 0 saturated heterocycles. The standard InChI is InChI=1S/C21H25N.C3H7N.ClH/c1-21(2,3)15-8-5-9-16-22(4)17-19-13-10-12-18-11-6-7-14-20(18)19;1-2-3-4;/h5-7,9-14H,16-17H2,1-4H3;2H,1,3-4H2;1H/b9-5+;;. The zero-order valence-corrected chi connectivity index (χ0v) is 17.9. The van der Waals surface area contributed by atoms with Gasteiger partial charge in [-0.05, 0) is 50.2 Å². The number of likely N-dealkylation sites (N-methyl/N-ethyl adjacent to an activating group) is 1. The molecule has 0 aromatic heterocycles. The van der Waals surface area contributed by atoms with Crippen LogP contribution in [0.5, 0.6) is 0 Å². The van der Waals surface area contributed by atoms with Crippen molar-refractivity contribution in [2.45, 2.75) is 27.3 Å². The molecule has 2 N–H and O–H groups in total. The molecule has 146 valence electrons. The molecular weight excluding hydrogens is 352 g/mol. The Morgan fingerprint density at radius 3 is 2.37 bits per heavy atom. The fourth-order valence-electron chi connectivity index (χ4n) is 2.34. The average Bonchev–Trinajstić information content (AvgIpc) is 2.61. The molecule has 0 bridgehead atoms. The van der Waals surface area contributed by atoms with Gasteiger partial charge < -0.3 is 5.73 Å². The van der Waals surface area contributed by atoms with Crippen molar-refractivity contribution in [1.29, 1.82) is 0 Å². The Morgan fingerprint density at radius 2 is 1.74 bits per heavy atom. The summed E-state index contributed by atoms with van der Waals surface area (Å²) in [7, 11) is 2.14. The van der Waals surface area contributed by atoms with Crippen LogP contribution in [-0.2, 0) is 6.54 Å². The van der Waals surface area contributed by atoms with E-state index >= 15 is 0 Å². The van der Waals surface area contributed by atoms with Crippen molar-refractivity contribution in [3.63, 3.8) is 0 Å². The van der Waals surface area contributed by atoms with Gasteiger partial charge in [-0.15, -0.1) is 19.0 Å². The maximum Gasteiger partial charge on any atom is 0.0240 e. The number of halogens is 1. The van der Waals surface area contributed by atoms with Crippen molar-refractivity contribution < 1.29 is 0 Å². The largest absolute Gasteiger partial charge is 0.327 e. The molecular formula is C24H33ClN2. The molecule has 0 radical (unpaired) electrons. The van der Waals surface area contributed by atoms with Crippen LogP contribution in [0.15, 0.2) is 67.3 Å². The topological polar surface area (TPSA) is 29.3 Å². The van der Waals surface area contributed by atoms with E-state index in [1.165, 1.54) is 16.3 Å². The zero-order chi connectivity index (χ0) is 19.4. The van der Waals surface area contributed by atoms with E-state index in [9.17, 15) is 0 Å². The first kappa shape index (κ1) is 24.9. The number of hydrogen-bond donors (Lipinski definition) is 1. The Labute approximate surface area is 171 Å². The molecule has 0 aliphatic carbocycles. The molecule has 0 heterocycles. The lowest BCUT2D eigenvalue weighted by Crippen LogP contribution is -2.17. The third-order valence-electron chi connectivity index (χ3n) is 3.55. The molecule has 0 saturated carbocycles. The first-order valence-electron chi connectivity index (χ1n) is 9.01. The highest BCUT2D eigenvalue weighted by atomic mass is 35.5. The fourth-order valence-corrected chi connectivity index (χ4v) is 2.34. The zero-order valence-electron chi connectivity index (χ0n) is 17.0. The maximum atomic E-state index is 4.91. The molecule has 2 rings (SSSR count). The highest BCUT2D eigenvalue weighted by Crippen LogP contribution is 2.19. The Kier molecular flexibility index (Phi) is 12.2. The van der Waals surface area contributed by atoms with Crippen LogP contribution in [0.2, 0.25) is 0 Å². The normalized spacial score (nSPS) is 10.6. The first-order valence-corrected chi connectivity index (χ1v) is 9.01. The summed E-state index contributed by atoms with van der Waals surface area (Å²) in [5.41, 5.74) is 6.35. The lowest BCUT2D eigenvalue weighted by molar-refractivity contribution is 0.365. The summed E-state index contributed by atoms with van der Waals surface area (Å²) in [6, 6.07) is 15.1. The Bertz CT molecular complexity index is 771. The van der Waals surface area contributed by atoms with Crippen molar-refractivity contribution in [3.05, 3.63) is 72.8 Å². The number of nitrogens with zero attached hydrogens (tertiary/aromatic N) is 1. The second kappa shape index (κ2) is 13.2. The minimum absolute atomic E-state index is 0. The van der Waals surface area contributed by atoms with E-state index in [2.05, 4.69) is 99.7 Å². The third-order valence-corrected chi connectivity index (χ3v) is 3.55. The molecule has 0 aliphatic heterocycles. The van der Waals surface area contributed by atoms with Gasteiger partial charge in [0.15, 0.2) is 0 Å². The number of fused-ring (bicyclic) bond motifs is 1. The van der Waals surface area contributed by atoms with Crippen molar-refractivity contribution in [1.82, 2.24) is 4.90 Å². The summed E-state index contributed by atoms with van der Waals surface area (Å²) in [6.07, 6.45) is 5.74. The van der Waals surface area contributed by atoms with E-state index in [0.29, 0.717) is 6.54 Å². The molecule has 0 aliphatic rings. The Morgan fingerprint density at radius 1 is 1.11 bits per heavy atom. The van der Waals surface area contributed by atoms with Crippen LogP contribution in [0.25, 0.3) is 10.8 Å². The highest BCUT2D eigenvalue weighted by Gasteiger charge is 2.03. The van der Waals surface area contributed by atoms with Gasteiger partial charge in [-0.2, -0.15) is 0 Å². The predicted octanol–water partition coefficient (Wildman–Crippen LogP) is 5.43. The van der Waals surface area contributed by atoms with E-state index in [1.54, 1.807) is 6.08 Å². The van der Waals surface area contributed by atoms with Crippen molar-refractivity contribution in [3.8, 4) is 11.8 Å². The lowest BCUT2D eigenvalue weighted by atomic mass is 9.98. The summed E-state index contributed by atoms with van der Waals surface area (Å²) < 4.78 is 0. The number of benzene rings is 2. The van der Waals surface area contributed by atoms with Crippen LogP contribution in [0.1, 0.15) is 26.3 Å². The third kappa shape index (κ3) is 10.6. The van der Waals surface area contributed by atoms with Crippen LogP contribution in [0.3, 0.4) is 0 Å². The van der Waals surface area contributed by atoms with E-state index in [4.69, 9.17) is 5.73 Å². The molecule has 2 aromatic carbocycles. The molecule has 27 heavy (non-hydrogen) atoms. The lowest BCUT2D eigenvalue weighted by Gasteiger charge is -2.15. The van der Waals surface area contributed by atoms with Gasteiger partial charge in [0, 0.05) is 25.0 Å². The minimum Gasteiger partial charge on any atom is -0.327 e. The van der Waals surface area contributed by atoms with Gasteiger partial charge in [0.05, 0.1) is 0 Å². The monoisotopic (exact) mass is 384 g/mol. The fraction of sp³-hybridized carbons (Fsp3) is 0.333. The van der Waals surface area contributed by atoms with Gasteiger partial charge in [0.1, 0.15) is 0 Å². The van der Waals surface area contributed by atoms with Crippen molar-refractivity contribution in [2.75, 3.05) is 20.1 Å². The number of hydrogen-bond acceptors (Lipinski definition) is 2. The SMILES string of the molecule is C=CCN.CN(C/C=C/C#CC(C)(C)C)Cc1cccc2ccccc12.Cl. The summed E-state index contributed by atoms with van der Waals surface area (Å²) in [5, 5.41) is 2.65. The summed E-state index contributed by atoms with van der Waals surface area (Å²) >= 11 is 0. The van der Waals surface area contributed by atoms with Gasteiger partial charge in [0.25, 0.3) is 0 Å². The summed E-state index contributed by atoms with van der Waals surface area (Å²) in [4.78, 5) is 2.30. The quantitative estimate of drug-likeness (QED) is 0.550. The van der Waals surface area contributed by atoms with Gasteiger partial charge in [-0.3, -0.25) is 4.90 Å². The van der Waals surface area contributed by atoms with Gasteiger partial charge in [-0.25, -0.2) is 0 Å². The van der Waals surface area contributed by atoms with E-state index in [1.807, 2.05) is 6.08 Å². The van der Waals surface area contributed by atoms with Crippen molar-refractivity contribution in [2.24, 2.45) is 11.1 Å². The van der Waals surface area contributed by atoms with E-state index in [-0.39, 0.29) is 17.8 Å². The van der Waals surface area contributed by atoms with Crippen molar-refractivity contribution >= 4 is 23.2 Å². The van der Waals surface area contributed by atoms with E-state index < -0.39 is 0 Å². The number of nitrogens with two attached hydrogens (primary N) is 1. The minimum atomic E-state index is 0. The number of rotatable bonds is 5. The molecule has 0 unspecified atom stereocenters. The number of allylic oxidation sites excluding steroid dienone is 1. The molecule has 0 spiro atoms. The van der Waals surface area contributed by atoms with Gasteiger partial charge >= 0.3 is 0 Å². The predicted molar refractivity (Wildman–Crippen MR) is 123 cm³/mol. The van der Waals surface area contributed by atoms with Crippen LogP contribution in [-0.4, -0.2) is 25.0 Å². The summed E-state index contributed by atoms with van der Waals surface area (Å²) in [6.45, 7) is 12.2. The smallest absolute Gasteiger partial charge is 0.0240 e. The van der Waals surface area contributed by atoms with Crippen LogP contribution in [0.4, 0.5) is 0 Å². The van der Waals surface area contributed by atoms with Crippen LogP contribution < -0.4 is 5.73 Å². The van der Waals surface area contributed by atoms with E-state index in [0.717, 1.165) is 13.1 Å². The molecule has 2 nitrogen and oxygen atoms in total. The maximum absolute atomic E-state index is 4.91. The van der Waals surface area contributed by atoms with Crippen LogP contribution >= 0.6 is 12.4 Å². The van der Waals surface area contributed by atoms with Gasteiger partial charge in [0.2, 0.25) is 0 Å². The molecule has 0 fully saturated rings. The second-order valence-corrected chi connectivity index (χ2v) is 7.28. The van der Waals surface area contributed by atoms with Crippen LogP contribution in [0, 0.1) is 17.3 Å². The Hall–Kier alpha value is -2.05. The highest BCUT2D eigenvalue weighted by molar-refractivity contribution is 5.85. The second-order valence-electron chi connectivity index (χ2n) is 7.28. The average molecular weight is 385 g/mol. The molecule has 0 atom stereocenters. The first-order chi connectivity index (χ1) is 12.4. The Balaban J connectivity index is 0.00000123. The molecule has 0 amide bonds. The molecule has 3 heteroatoms. The van der Waals surface area contributed by atoms with Gasteiger partial charge in [-0.1, -0.05) is 66.5 Å². The molecule has 2 aromatic rings.